The number of ether oxygens (including phenoxy) is 1. The molecule has 6 nitrogen and oxygen atoms in total. The van der Waals surface area contributed by atoms with Crippen LogP contribution < -0.4 is 9.64 Å². The molecule has 0 bridgehead atoms. The van der Waals surface area contributed by atoms with Crippen molar-refractivity contribution in [2.24, 2.45) is 4.99 Å². The van der Waals surface area contributed by atoms with Crippen LogP contribution in [0.25, 0.3) is 5.57 Å². The highest BCUT2D eigenvalue weighted by Crippen LogP contribution is 2.33. The molecule has 1 fully saturated rings. The molecule has 5 rings (SSSR count). The number of benzene rings is 2. The minimum Gasteiger partial charge on any atom is -0.496 e. The van der Waals surface area contributed by atoms with Crippen LogP contribution in [0.1, 0.15) is 59.6 Å². The number of hydrogen-bond acceptors (Lipinski definition) is 5. The average molecular weight is 551 g/mol. The van der Waals surface area contributed by atoms with Crippen LogP contribution >= 0.6 is 0 Å². The molecule has 41 heavy (non-hydrogen) atoms. The summed E-state index contributed by atoms with van der Waals surface area (Å²) in [5, 5.41) is 0. The lowest BCUT2D eigenvalue weighted by Crippen LogP contribution is -2.49. The van der Waals surface area contributed by atoms with Crippen molar-refractivity contribution < 1.29 is 9.53 Å². The zero-order valence-corrected chi connectivity index (χ0v) is 25.1. The molecule has 1 aromatic heterocycles. The monoisotopic (exact) mass is 550 g/mol. The van der Waals surface area contributed by atoms with Gasteiger partial charge in [0.05, 0.1) is 18.9 Å². The lowest BCUT2D eigenvalue weighted by Gasteiger charge is -2.35. The van der Waals surface area contributed by atoms with Gasteiger partial charge in [-0.3, -0.25) is 9.79 Å². The average Bonchev–Trinajstić information content (AvgIpc) is 3.43. The van der Waals surface area contributed by atoms with Crippen molar-refractivity contribution >= 4 is 23.0 Å². The van der Waals surface area contributed by atoms with Crippen molar-refractivity contribution in [1.82, 2.24) is 9.88 Å². The molecular formula is C35H42N4O2. The van der Waals surface area contributed by atoms with Crippen molar-refractivity contribution in [1.29, 1.82) is 0 Å². The number of piperazine rings is 1. The maximum Gasteiger partial charge on any atom is 0.222 e. The number of allylic oxidation sites excluding steroid dienone is 1. The quantitative estimate of drug-likeness (QED) is 0.311. The number of carbonyl (C=O) groups excluding carboxylic acids is 1. The molecule has 0 spiro atoms. The second kappa shape index (κ2) is 12.7. The van der Waals surface area contributed by atoms with Gasteiger partial charge in [0.2, 0.25) is 5.91 Å². The van der Waals surface area contributed by atoms with Gasteiger partial charge in [0, 0.05) is 56.0 Å². The normalized spacial score (nSPS) is 17.0. The van der Waals surface area contributed by atoms with E-state index in [0.717, 1.165) is 55.2 Å². The number of hydrogen-bond donors (Lipinski definition) is 0. The molecule has 0 radical (unpaired) electrons. The summed E-state index contributed by atoms with van der Waals surface area (Å²) in [5.74, 6) is 1.98. The van der Waals surface area contributed by atoms with Gasteiger partial charge in [0.1, 0.15) is 11.6 Å². The summed E-state index contributed by atoms with van der Waals surface area (Å²) in [6, 6.07) is 17.1. The maximum atomic E-state index is 13.2. The maximum absolute atomic E-state index is 13.2. The Bertz CT molecular complexity index is 1450. The van der Waals surface area contributed by atoms with Gasteiger partial charge in [0.15, 0.2) is 0 Å². The van der Waals surface area contributed by atoms with Crippen LogP contribution in [-0.2, 0) is 11.2 Å². The van der Waals surface area contributed by atoms with Gasteiger partial charge in [-0.05, 0) is 73.9 Å². The largest absolute Gasteiger partial charge is 0.496 e. The smallest absolute Gasteiger partial charge is 0.222 e. The molecule has 0 saturated carbocycles. The van der Waals surface area contributed by atoms with E-state index in [1.54, 1.807) is 7.11 Å². The molecule has 2 aromatic carbocycles. The molecule has 3 aromatic rings. The molecule has 1 atom stereocenters. The number of methoxy groups -OCH3 is 1. The fourth-order valence-corrected chi connectivity index (χ4v) is 6.04. The lowest BCUT2D eigenvalue weighted by molar-refractivity contribution is -0.131. The van der Waals surface area contributed by atoms with E-state index in [-0.39, 0.29) is 11.9 Å². The summed E-state index contributed by atoms with van der Waals surface area (Å²) < 4.78 is 5.47. The van der Waals surface area contributed by atoms with E-state index in [0.29, 0.717) is 19.5 Å². The Labute approximate surface area is 244 Å². The third-order valence-corrected chi connectivity index (χ3v) is 8.64. The van der Waals surface area contributed by atoms with Crippen molar-refractivity contribution in [2.75, 3.05) is 38.2 Å². The highest BCUT2D eigenvalue weighted by atomic mass is 16.5. The van der Waals surface area contributed by atoms with E-state index >= 15 is 0 Å². The fraction of sp³-hybridized carbons (Fsp3) is 0.400. The van der Waals surface area contributed by atoms with Crippen molar-refractivity contribution in [3.05, 3.63) is 94.2 Å². The number of pyridine rings is 1. The highest BCUT2D eigenvalue weighted by molar-refractivity contribution is 6.16. The van der Waals surface area contributed by atoms with Crippen LogP contribution in [0, 0.1) is 20.8 Å². The van der Waals surface area contributed by atoms with Gasteiger partial charge in [-0.15, -0.1) is 0 Å². The van der Waals surface area contributed by atoms with E-state index in [1.807, 2.05) is 24.1 Å². The van der Waals surface area contributed by atoms with Gasteiger partial charge in [-0.1, -0.05) is 49.4 Å². The van der Waals surface area contributed by atoms with E-state index in [1.165, 1.54) is 33.4 Å². The van der Waals surface area contributed by atoms with Crippen LogP contribution in [0.4, 0.5) is 5.82 Å². The summed E-state index contributed by atoms with van der Waals surface area (Å²) in [7, 11) is 1.69. The molecule has 1 saturated heterocycles. The Morgan fingerprint density at radius 1 is 1.00 bits per heavy atom. The van der Waals surface area contributed by atoms with Gasteiger partial charge >= 0.3 is 0 Å². The number of carbonyl (C=O) groups is 1. The molecule has 6 heteroatoms. The van der Waals surface area contributed by atoms with Gasteiger partial charge in [-0.2, -0.15) is 0 Å². The first-order valence-electron chi connectivity index (χ1n) is 14.9. The topological polar surface area (TPSA) is 58.0 Å². The Hall–Kier alpha value is -3.93. The number of aliphatic imine (C=N–C) groups is 1. The van der Waals surface area contributed by atoms with Crippen LogP contribution in [0.5, 0.6) is 5.75 Å². The molecule has 0 aliphatic carbocycles. The molecular weight excluding hydrogens is 508 g/mol. The zero-order valence-electron chi connectivity index (χ0n) is 25.1. The SMILES string of the molecule is CCc1c(C2=NC(CCCC(=O)N3CCN(c4cc(OC)c(C)cn4)CC3)C(c3ccccc3)=C2)ccc(C)c1C. The van der Waals surface area contributed by atoms with Gasteiger partial charge in [0.25, 0.3) is 0 Å². The van der Waals surface area contributed by atoms with E-state index in [4.69, 9.17) is 9.73 Å². The molecule has 3 heterocycles. The third kappa shape index (κ3) is 6.22. The fourth-order valence-electron chi connectivity index (χ4n) is 6.04. The highest BCUT2D eigenvalue weighted by Gasteiger charge is 2.26. The zero-order chi connectivity index (χ0) is 28.9. The van der Waals surface area contributed by atoms with E-state index in [2.05, 4.69) is 79.2 Å². The van der Waals surface area contributed by atoms with E-state index in [9.17, 15) is 4.79 Å². The number of nitrogens with zero attached hydrogens (tertiary/aromatic N) is 4. The number of rotatable bonds is 9. The minimum atomic E-state index is 0.0611. The predicted molar refractivity (Wildman–Crippen MR) is 168 cm³/mol. The summed E-state index contributed by atoms with van der Waals surface area (Å²) in [4.78, 5) is 27.2. The van der Waals surface area contributed by atoms with E-state index < -0.39 is 0 Å². The summed E-state index contributed by atoms with van der Waals surface area (Å²) in [5.41, 5.74) is 9.84. The standard InChI is InChI=1S/C35H42N4O2/c1-6-28-26(4)24(2)15-16-29(28)32-21-30(27-11-8-7-9-12-27)31(37-32)13-10-14-35(40)39-19-17-38(18-20-39)34-22-33(41-5)25(3)23-36-34/h7-9,11-12,15-16,21-23,31H,6,10,13-14,17-20H2,1-5H3. The van der Waals surface area contributed by atoms with Crippen molar-refractivity contribution in [2.45, 2.75) is 59.4 Å². The second-order valence-corrected chi connectivity index (χ2v) is 11.2. The minimum absolute atomic E-state index is 0.0611. The Morgan fingerprint density at radius 2 is 1.76 bits per heavy atom. The first-order chi connectivity index (χ1) is 19.9. The van der Waals surface area contributed by atoms with Gasteiger partial charge in [-0.25, -0.2) is 4.98 Å². The molecule has 1 amide bonds. The van der Waals surface area contributed by atoms with Crippen LogP contribution in [0.15, 0.2) is 65.8 Å². The molecule has 1 unspecified atom stereocenters. The molecule has 0 N–H and O–H groups in total. The molecule has 214 valence electrons. The first-order valence-corrected chi connectivity index (χ1v) is 14.9. The van der Waals surface area contributed by atoms with Crippen LogP contribution in [0.3, 0.4) is 0 Å². The Kier molecular flexibility index (Phi) is 8.87. The van der Waals surface area contributed by atoms with Crippen molar-refractivity contribution in [3.63, 3.8) is 0 Å². The second-order valence-electron chi connectivity index (χ2n) is 11.2. The van der Waals surface area contributed by atoms with Crippen LogP contribution in [0.2, 0.25) is 0 Å². The first kappa shape index (κ1) is 28.6. The Morgan fingerprint density at radius 3 is 2.46 bits per heavy atom. The number of anilines is 1. The van der Waals surface area contributed by atoms with Crippen LogP contribution in [-0.4, -0.2) is 60.8 Å². The van der Waals surface area contributed by atoms with Crippen molar-refractivity contribution in [3.8, 4) is 5.75 Å². The predicted octanol–water partition coefficient (Wildman–Crippen LogP) is 6.35. The number of aryl methyl sites for hydroxylation is 2. The summed E-state index contributed by atoms with van der Waals surface area (Å²) in [6.45, 7) is 11.6. The lowest BCUT2D eigenvalue weighted by atomic mass is 9.92. The summed E-state index contributed by atoms with van der Waals surface area (Å²) in [6.07, 6.45) is 7.33. The number of aromatic nitrogens is 1. The third-order valence-electron chi connectivity index (χ3n) is 8.64. The molecule has 2 aliphatic rings. The number of amides is 1. The summed E-state index contributed by atoms with van der Waals surface area (Å²) >= 11 is 0. The Balaban J connectivity index is 1.22. The molecule has 2 aliphatic heterocycles. The van der Waals surface area contributed by atoms with Gasteiger partial charge < -0.3 is 14.5 Å².